The van der Waals surface area contributed by atoms with Crippen LogP contribution in [0.1, 0.15) is 0 Å². The molecule has 29 heavy (non-hydrogen) atoms. The number of hydrogen-bond donors (Lipinski definition) is 0. The molecule has 0 N–H and O–H groups in total. The summed E-state index contributed by atoms with van der Waals surface area (Å²) in [6, 6.07) is 10.6. The highest BCUT2D eigenvalue weighted by atomic mass is 32.2. The third-order valence-electron chi connectivity index (χ3n) is 4.82. The molecule has 1 fully saturated rings. The summed E-state index contributed by atoms with van der Waals surface area (Å²) in [5.41, 5.74) is 1.47. The Morgan fingerprint density at radius 2 is 1.86 bits per heavy atom. The maximum Gasteiger partial charge on any atom is 0.308 e. The van der Waals surface area contributed by atoms with Gasteiger partial charge in [-0.1, -0.05) is 23.5 Å². The van der Waals surface area contributed by atoms with Crippen LogP contribution >= 0.6 is 11.3 Å². The van der Waals surface area contributed by atoms with Gasteiger partial charge < -0.3 is 0 Å². The van der Waals surface area contributed by atoms with Crippen LogP contribution in [0.25, 0.3) is 11.4 Å². The number of sulfonamides is 1. The minimum Gasteiger partial charge on any atom is -0.284 e. The predicted molar refractivity (Wildman–Crippen MR) is 109 cm³/mol. The van der Waals surface area contributed by atoms with Gasteiger partial charge in [0.25, 0.3) is 0 Å². The Morgan fingerprint density at radius 3 is 2.55 bits per heavy atom. The average molecular weight is 435 g/mol. The highest BCUT2D eigenvalue weighted by Crippen LogP contribution is 2.20. The molecule has 7 nitrogen and oxygen atoms in total. The molecule has 152 valence electrons. The summed E-state index contributed by atoms with van der Waals surface area (Å²) in [7, 11) is -3.74. The van der Waals surface area contributed by atoms with Crippen LogP contribution in [0.3, 0.4) is 0 Å². The third kappa shape index (κ3) is 4.15. The summed E-state index contributed by atoms with van der Waals surface area (Å²) in [4.78, 5) is 18.5. The van der Waals surface area contributed by atoms with E-state index in [0.29, 0.717) is 19.8 Å². The first-order valence-corrected chi connectivity index (χ1v) is 11.3. The van der Waals surface area contributed by atoms with Gasteiger partial charge in [-0.25, -0.2) is 12.8 Å². The Hall–Kier alpha value is -2.40. The Kier molecular flexibility index (Phi) is 5.59. The van der Waals surface area contributed by atoms with Crippen LogP contribution in [-0.4, -0.2) is 53.4 Å². The number of nitrogens with zero attached hydrogens (tertiary/aromatic N) is 4. The van der Waals surface area contributed by atoms with Crippen molar-refractivity contribution in [3.05, 3.63) is 69.5 Å². The van der Waals surface area contributed by atoms with Gasteiger partial charge in [0.1, 0.15) is 5.82 Å². The lowest BCUT2D eigenvalue weighted by molar-refractivity contribution is 0.152. The standard InChI is InChI=1S/C19H19FN4O3S2/c20-15-4-3-5-16(12-15)29(26,27)23-10-8-22(9-11-23)14-24-18(13-28-19(24)25)17-6-1-2-7-21-17/h1-7,12-13H,8-11,14H2. The first-order chi connectivity index (χ1) is 13.9. The van der Waals surface area contributed by atoms with Crippen molar-refractivity contribution in [2.75, 3.05) is 26.2 Å². The number of pyridine rings is 1. The van der Waals surface area contributed by atoms with Gasteiger partial charge in [-0.15, -0.1) is 0 Å². The van der Waals surface area contributed by atoms with E-state index in [-0.39, 0.29) is 22.9 Å². The molecular weight excluding hydrogens is 415 g/mol. The van der Waals surface area contributed by atoms with Gasteiger partial charge in [0, 0.05) is 37.8 Å². The first-order valence-electron chi connectivity index (χ1n) is 9.03. The van der Waals surface area contributed by atoms with Gasteiger partial charge in [0.2, 0.25) is 10.0 Å². The molecule has 10 heteroatoms. The van der Waals surface area contributed by atoms with Crippen molar-refractivity contribution in [1.29, 1.82) is 0 Å². The second-order valence-electron chi connectivity index (χ2n) is 6.65. The average Bonchev–Trinajstić information content (AvgIpc) is 3.09. The van der Waals surface area contributed by atoms with E-state index < -0.39 is 15.8 Å². The van der Waals surface area contributed by atoms with E-state index in [2.05, 4.69) is 4.98 Å². The van der Waals surface area contributed by atoms with Gasteiger partial charge >= 0.3 is 4.87 Å². The van der Waals surface area contributed by atoms with Crippen molar-refractivity contribution in [2.45, 2.75) is 11.6 Å². The van der Waals surface area contributed by atoms with Crippen LogP contribution in [0.5, 0.6) is 0 Å². The molecule has 1 aromatic carbocycles. The van der Waals surface area contributed by atoms with Crippen molar-refractivity contribution in [3.8, 4) is 11.4 Å². The summed E-state index contributed by atoms with van der Waals surface area (Å²) in [5, 5.41) is 1.79. The number of piperazine rings is 1. The Bertz CT molecular complexity index is 1150. The number of aromatic nitrogens is 2. The van der Waals surface area contributed by atoms with Crippen molar-refractivity contribution < 1.29 is 12.8 Å². The van der Waals surface area contributed by atoms with E-state index in [1.807, 2.05) is 23.1 Å². The van der Waals surface area contributed by atoms with Gasteiger partial charge in [-0.2, -0.15) is 4.31 Å². The number of halogens is 1. The molecule has 3 heterocycles. The van der Waals surface area contributed by atoms with Crippen molar-refractivity contribution >= 4 is 21.4 Å². The molecule has 1 aliphatic heterocycles. The summed E-state index contributed by atoms with van der Waals surface area (Å²) < 4.78 is 41.9. The lowest BCUT2D eigenvalue weighted by Gasteiger charge is -2.34. The van der Waals surface area contributed by atoms with E-state index in [9.17, 15) is 17.6 Å². The minimum absolute atomic E-state index is 0.0440. The van der Waals surface area contributed by atoms with E-state index in [1.54, 1.807) is 16.1 Å². The molecule has 0 radical (unpaired) electrons. The molecule has 4 rings (SSSR count). The zero-order valence-electron chi connectivity index (χ0n) is 15.4. The molecule has 0 bridgehead atoms. The van der Waals surface area contributed by atoms with Crippen LogP contribution in [0, 0.1) is 5.82 Å². The number of benzene rings is 1. The lowest BCUT2D eigenvalue weighted by Crippen LogP contribution is -2.49. The molecule has 2 aromatic heterocycles. The quantitative estimate of drug-likeness (QED) is 0.615. The van der Waals surface area contributed by atoms with Gasteiger partial charge in [-0.05, 0) is 30.3 Å². The third-order valence-corrected chi connectivity index (χ3v) is 7.47. The maximum atomic E-state index is 13.4. The number of hydrogen-bond acceptors (Lipinski definition) is 6. The fraction of sp³-hybridized carbons (Fsp3) is 0.263. The van der Waals surface area contributed by atoms with Crippen molar-refractivity contribution in [1.82, 2.24) is 18.8 Å². The SMILES string of the molecule is O=c1scc(-c2ccccn2)n1CN1CCN(S(=O)(=O)c2cccc(F)c2)CC1. The summed E-state index contributed by atoms with van der Waals surface area (Å²) >= 11 is 1.12. The van der Waals surface area contributed by atoms with Gasteiger partial charge in [0.15, 0.2) is 0 Å². The van der Waals surface area contributed by atoms with Crippen LogP contribution in [0.15, 0.2) is 63.7 Å². The van der Waals surface area contributed by atoms with E-state index >= 15 is 0 Å². The molecule has 0 amide bonds. The molecular formula is C19H19FN4O3S2. The van der Waals surface area contributed by atoms with Crippen molar-refractivity contribution in [2.24, 2.45) is 0 Å². The highest BCUT2D eigenvalue weighted by molar-refractivity contribution is 7.89. The Morgan fingerprint density at radius 1 is 1.07 bits per heavy atom. The maximum absolute atomic E-state index is 13.4. The summed E-state index contributed by atoms with van der Waals surface area (Å²) in [6.07, 6.45) is 1.68. The first kappa shape index (κ1) is 19.9. The fourth-order valence-electron chi connectivity index (χ4n) is 3.27. The fourth-order valence-corrected chi connectivity index (χ4v) is 5.46. The van der Waals surface area contributed by atoms with E-state index in [1.165, 1.54) is 22.5 Å². The second kappa shape index (κ2) is 8.15. The van der Waals surface area contributed by atoms with Crippen LogP contribution < -0.4 is 4.87 Å². The summed E-state index contributed by atoms with van der Waals surface area (Å²) in [6.45, 7) is 1.85. The van der Waals surface area contributed by atoms with Crippen LogP contribution in [-0.2, 0) is 16.7 Å². The van der Waals surface area contributed by atoms with E-state index in [0.717, 1.165) is 28.8 Å². The monoisotopic (exact) mass is 434 g/mol. The van der Waals surface area contributed by atoms with Crippen LogP contribution in [0.2, 0.25) is 0 Å². The molecule has 0 unspecified atom stereocenters. The highest BCUT2D eigenvalue weighted by Gasteiger charge is 2.29. The molecule has 0 saturated carbocycles. The summed E-state index contributed by atoms with van der Waals surface area (Å²) in [5.74, 6) is -0.580. The van der Waals surface area contributed by atoms with Gasteiger partial charge in [0.05, 0.1) is 23.0 Å². The molecule has 1 saturated heterocycles. The van der Waals surface area contributed by atoms with Crippen LogP contribution in [0.4, 0.5) is 4.39 Å². The second-order valence-corrected chi connectivity index (χ2v) is 9.41. The predicted octanol–water partition coefficient (Wildman–Crippen LogP) is 2.07. The number of thiazole rings is 1. The zero-order valence-corrected chi connectivity index (χ0v) is 17.1. The normalized spacial score (nSPS) is 16.2. The zero-order chi connectivity index (χ0) is 20.4. The Labute approximate surface area is 171 Å². The smallest absolute Gasteiger partial charge is 0.284 e. The topological polar surface area (TPSA) is 75.5 Å². The molecule has 0 aliphatic carbocycles. The molecule has 1 aliphatic rings. The lowest BCUT2D eigenvalue weighted by atomic mass is 10.3. The molecule has 0 spiro atoms. The van der Waals surface area contributed by atoms with Crippen molar-refractivity contribution in [3.63, 3.8) is 0 Å². The largest absolute Gasteiger partial charge is 0.308 e. The Balaban J connectivity index is 1.46. The van der Waals surface area contributed by atoms with Gasteiger partial charge in [-0.3, -0.25) is 19.2 Å². The number of rotatable bonds is 5. The van der Waals surface area contributed by atoms with E-state index in [4.69, 9.17) is 0 Å². The molecule has 3 aromatic rings. The molecule has 0 atom stereocenters. The minimum atomic E-state index is -3.74.